The van der Waals surface area contributed by atoms with Gasteiger partial charge in [0.15, 0.2) is 5.82 Å². The maximum absolute atomic E-state index is 15.8. The highest BCUT2D eigenvalue weighted by Crippen LogP contribution is 2.42. The lowest BCUT2D eigenvalue weighted by molar-refractivity contribution is -0.385. The van der Waals surface area contributed by atoms with Crippen LogP contribution in [0.2, 0.25) is 0 Å². The number of fused-ring (bicyclic) bond motifs is 1. The van der Waals surface area contributed by atoms with Crippen molar-refractivity contribution in [2.75, 3.05) is 4.90 Å². The Balaban J connectivity index is 2.00. The predicted molar refractivity (Wildman–Crippen MR) is 190 cm³/mol. The van der Waals surface area contributed by atoms with Crippen LogP contribution in [0, 0.1) is 15.9 Å². The second-order valence-electron chi connectivity index (χ2n) is 15.7. The summed E-state index contributed by atoms with van der Waals surface area (Å²) < 4.78 is 34.1. The molecular weight excluding hydrogens is 663 g/mol. The number of pyridine rings is 1. The fourth-order valence-corrected chi connectivity index (χ4v) is 5.48. The molecule has 3 aromatic rings. The highest BCUT2D eigenvalue weighted by atomic mass is 19.1. The highest BCUT2D eigenvalue weighted by molar-refractivity contribution is 6.17. The Labute approximate surface area is 296 Å². The van der Waals surface area contributed by atoms with Gasteiger partial charge in [-0.1, -0.05) is 6.08 Å². The first-order valence-corrected chi connectivity index (χ1v) is 16.8. The van der Waals surface area contributed by atoms with E-state index < -0.39 is 51.5 Å². The second kappa shape index (κ2) is 14.3. The van der Waals surface area contributed by atoms with Gasteiger partial charge in [-0.15, -0.1) is 0 Å². The molecular formula is C36H47FN6O8. The Bertz CT molecular complexity index is 1850. The van der Waals surface area contributed by atoms with Crippen LogP contribution in [0.4, 0.5) is 30.3 Å². The van der Waals surface area contributed by atoms with Crippen molar-refractivity contribution in [3.63, 3.8) is 0 Å². The molecule has 0 spiro atoms. The van der Waals surface area contributed by atoms with Crippen molar-refractivity contribution >= 4 is 46.3 Å². The number of carbonyl (C=O) groups excluding carboxylic acids is 3. The summed E-state index contributed by atoms with van der Waals surface area (Å²) in [5.74, 6) is -1.16. The van der Waals surface area contributed by atoms with E-state index in [1.165, 1.54) is 12.3 Å². The number of anilines is 1. The number of benzene rings is 1. The van der Waals surface area contributed by atoms with Gasteiger partial charge in [0, 0.05) is 35.5 Å². The molecule has 0 saturated carbocycles. The molecule has 4 rings (SSSR count). The van der Waals surface area contributed by atoms with Gasteiger partial charge in [0.1, 0.15) is 28.3 Å². The minimum Gasteiger partial charge on any atom is -0.444 e. The van der Waals surface area contributed by atoms with Crippen LogP contribution in [-0.4, -0.2) is 60.8 Å². The number of non-ortho nitro benzene ring substituents is 1. The van der Waals surface area contributed by atoms with E-state index in [0.29, 0.717) is 35.2 Å². The van der Waals surface area contributed by atoms with E-state index in [0.717, 1.165) is 17.7 Å². The van der Waals surface area contributed by atoms with Crippen LogP contribution in [0.25, 0.3) is 27.7 Å². The van der Waals surface area contributed by atoms with Crippen molar-refractivity contribution in [3.8, 4) is 11.3 Å². The Hall–Kier alpha value is -5.08. The number of nitro benzene ring substituents is 1. The van der Waals surface area contributed by atoms with E-state index in [4.69, 9.17) is 19.3 Å². The third-order valence-corrected chi connectivity index (χ3v) is 7.45. The van der Waals surface area contributed by atoms with Crippen LogP contribution in [0.5, 0.6) is 0 Å². The van der Waals surface area contributed by atoms with Gasteiger partial charge in [-0.3, -0.25) is 14.8 Å². The molecule has 0 radical (unpaired) electrons. The van der Waals surface area contributed by atoms with Gasteiger partial charge >= 0.3 is 18.3 Å². The quantitative estimate of drug-likeness (QED) is 0.148. The van der Waals surface area contributed by atoms with Crippen molar-refractivity contribution in [1.82, 2.24) is 20.1 Å². The zero-order valence-corrected chi connectivity index (χ0v) is 31.0. The van der Waals surface area contributed by atoms with Gasteiger partial charge < -0.3 is 19.5 Å². The summed E-state index contributed by atoms with van der Waals surface area (Å²) in [5.41, 5.74) is -1.40. The zero-order valence-electron chi connectivity index (χ0n) is 31.0. The third kappa shape index (κ3) is 9.38. The molecule has 0 fully saturated rings. The smallest absolute Gasteiger partial charge is 0.425 e. The summed E-state index contributed by atoms with van der Waals surface area (Å²) in [6, 6.07) is 2.65. The van der Waals surface area contributed by atoms with Crippen molar-refractivity contribution in [2.45, 2.75) is 124 Å². The Kier molecular flexibility index (Phi) is 10.8. The normalized spacial score (nSPS) is 15.3. The monoisotopic (exact) mass is 710 g/mol. The topological polar surface area (TPSA) is 168 Å². The third-order valence-electron chi connectivity index (χ3n) is 7.45. The fourth-order valence-electron chi connectivity index (χ4n) is 5.48. The van der Waals surface area contributed by atoms with E-state index in [-0.39, 0.29) is 34.5 Å². The molecule has 0 aliphatic heterocycles. The number of alkyl carbamates (subject to hydrolysis) is 1. The van der Waals surface area contributed by atoms with Crippen LogP contribution in [0.3, 0.4) is 0 Å². The number of carbonyl (C=O) groups is 3. The molecule has 51 heavy (non-hydrogen) atoms. The van der Waals surface area contributed by atoms with Crippen LogP contribution < -0.4 is 10.2 Å². The van der Waals surface area contributed by atoms with E-state index in [2.05, 4.69) is 10.3 Å². The number of nitrogens with one attached hydrogen (secondary N) is 1. The summed E-state index contributed by atoms with van der Waals surface area (Å²) in [5, 5.41) is 19.3. The highest BCUT2D eigenvalue weighted by Gasteiger charge is 2.38. The molecule has 0 bridgehead atoms. The summed E-state index contributed by atoms with van der Waals surface area (Å²) in [6.07, 6.45) is 2.33. The van der Waals surface area contributed by atoms with Crippen molar-refractivity contribution in [1.29, 1.82) is 0 Å². The lowest BCUT2D eigenvalue weighted by Crippen LogP contribution is -2.44. The van der Waals surface area contributed by atoms with Crippen molar-refractivity contribution in [2.24, 2.45) is 0 Å². The molecule has 2 aromatic heterocycles. The number of aromatic nitrogens is 3. The fraction of sp³-hybridized carbons (Fsp3) is 0.528. The largest absolute Gasteiger partial charge is 0.444 e. The number of hydrogen-bond acceptors (Lipinski definition) is 10. The standard InChI is InChI=1S/C36H47FN6O8/c1-20(2)42-29-25(21-12-14-22(15-13-21)39-31(44)49-34(3,4)5)19-38-30(41(32(45)50-35(6,7)8)33(46)51-36(9,10)11)27(29)28(40-42)24-17-16-23(43(47)48)18-26(24)37/h12,16-20,22H,13-15H2,1-11H3,(H,39,44). The Morgan fingerprint density at radius 2 is 1.57 bits per heavy atom. The minimum atomic E-state index is -1.08. The molecule has 1 N–H and O–H groups in total. The van der Waals surface area contributed by atoms with Crippen LogP contribution in [0.15, 0.2) is 30.5 Å². The molecule has 15 heteroatoms. The number of allylic oxidation sites excluding steroid dienone is 1. The molecule has 276 valence electrons. The molecule has 3 amide bonds. The maximum Gasteiger partial charge on any atom is 0.425 e. The molecule has 0 saturated heterocycles. The molecule has 1 atom stereocenters. The van der Waals surface area contributed by atoms with E-state index >= 15 is 4.39 Å². The summed E-state index contributed by atoms with van der Waals surface area (Å²) in [7, 11) is 0. The van der Waals surface area contributed by atoms with E-state index in [1.807, 2.05) is 19.9 Å². The van der Waals surface area contributed by atoms with Gasteiger partial charge in [0.05, 0.1) is 21.9 Å². The van der Waals surface area contributed by atoms with Crippen molar-refractivity contribution < 1.29 is 37.9 Å². The van der Waals surface area contributed by atoms with Gasteiger partial charge in [0.2, 0.25) is 0 Å². The molecule has 1 unspecified atom stereocenters. The number of rotatable bonds is 6. The zero-order chi connectivity index (χ0) is 38.2. The first-order valence-electron chi connectivity index (χ1n) is 16.8. The van der Waals surface area contributed by atoms with Crippen LogP contribution in [0.1, 0.15) is 107 Å². The first kappa shape index (κ1) is 38.7. The lowest BCUT2D eigenvalue weighted by atomic mass is 9.90. The van der Waals surface area contributed by atoms with Gasteiger partial charge in [0.25, 0.3) is 5.69 Å². The number of hydrogen-bond donors (Lipinski definition) is 1. The second-order valence-corrected chi connectivity index (χ2v) is 15.7. The van der Waals surface area contributed by atoms with E-state index in [1.54, 1.807) is 67.0 Å². The molecule has 1 aliphatic carbocycles. The SMILES string of the molecule is CC(C)n1nc(-c2ccc([N+](=O)[O-])cc2F)c2c(N(C(=O)OC(C)(C)C)C(=O)OC(C)(C)C)ncc(C3=CCC(NC(=O)OC(C)(C)C)CC3)c21. The summed E-state index contributed by atoms with van der Waals surface area (Å²) in [4.78, 5) is 56.2. The lowest BCUT2D eigenvalue weighted by Gasteiger charge is -2.29. The average Bonchev–Trinajstić information content (AvgIpc) is 3.36. The number of imide groups is 1. The Morgan fingerprint density at radius 1 is 0.980 bits per heavy atom. The van der Waals surface area contributed by atoms with Crippen molar-refractivity contribution in [3.05, 3.63) is 52.0 Å². The number of nitrogens with zero attached hydrogens (tertiary/aromatic N) is 5. The molecule has 14 nitrogen and oxygen atoms in total. The Morgan fingerprint density at radius 3 is 2.04 bits per heavy atom. The van der Waals surface area contributed by atoms with Gasteiger partial charge in [-0.2, -0.15) is 10.00 Å². The van der Waals surface area contributed by atoms with Crippen LogP contribution in [-0.2, 0) is 14.2 Å². The predicted octanol–water partition coefficient (Wildman–Crippen LogP) is 8.86. The summed E-state index contributed by atoms with van der Waals surface area (Å²) in [6.45, 7) is 18.9. The maximum atomic E-state index is 15.8. The molecule has 2 heterocycles. The van der Waals surface area contributed by atoms with Crippen LogP contribution >= 0.6 is 0 Å². The number of ether oxygens (including phenoxy) is 3. The number of nitro groups is 1. The molecule has 1 aromatic carbocycles. The first-order chi connectivity index (χ1) is 23.5. The number of halogens is 1. The summed E-state index contributed by atoms with van der Waals surface area (Å²) >= 11 is 0. The van der Waals surface area contributed by atoms with E-state index in [9.17, 15) is 24.5 Å². The minimum absolute atomic E-state index is 0.00607. The van der Waals surface area contributed by atoms with Gasteiger partial charge in [-0.25, -0.2) is 23.8 Å². The average molecular weight is 711 g/mol. The van der Waals surface area contributed by atoms with Gasteiger partial charge in [-0.05, 0) is 107 Å². The molecule has 1 aliphatic rings. The number of amides is 3.